The van der Waals surface area contributed by atoms with Gasteiger partial charge in [-0.1, -0.05) is 72.9 Å². The van der Waals surface area contributed by atoms with Crippen LogP contribution in [0.25, 0.3) is 10.9 Å². The van der Waals surface area contributed by atoms with Crippen LogP contribution in [-0.2, 0) is 6.42 Å². The molecule has 1 aliphatic heterocycles. The van der Waals surface area contributed by atoms with Crippen molar-refractivity contribution in [3.63, 3.8) is 0 Å². The third-order valence-electron chi connectivity index (χ3n) is 7.64. The van der Waals surface area contributed by atoms with Gasteiger partial charge < -0.3 is 24.3 Å². The summed E-state index contributed by atoms with van der Waals surface area (Å²) in [6.07, 6.45) is 5.09. The van der Waals surface area contributed by atoms with Crippen LogP contribution < -0.4 is 14.2 Å². The van der Waals surface area contributed by atoms with Crippen molar-refractivity contribution >= 4 is 17.0 Å². The molecule has 0 fully saturated rings. The molecule has 1 aliphatic rings. The van der Waals surface area contributed by atoms with Crippen molar-refractivity contribution in [3.8, 4) is 23.0 Å². The zero-order valence-corrected chi connectivity index (χ0v) is 27.5. The number of nitrogens with zero attached hydrogens (tertiary/aromatic N) is 1. The molecule has 1 amide bonds. The molecule has 0 radical (unpaired) electrons. The predicted molar refractivity (Wildman–Crippen MR) is 179 cm³/mol. The lowest BCUT2D eigenvalue weighted by molar-refractivity contribution is 0.135. The number of unbranched alkanes of at least 4 members (excludes halogenated alkanes) is 2. The number of aromatic amines is 1. The van der Waals surface area contributed by atoms with Crippen molar-refractivity contribution in [3.05, 3.63) is 83.6 Å². The number of methoxy groups -OCH3 is 1. The lowest BCUT2D eigenvalue weighted by atomic mass is 9.92. The summed E-state index contributed by atoms with van der Waals surface area (Å²) in [5.41, 5.74) is 3.91. The maximum Gasteiger partial charge on any atom is 0.416 e. The fourth-order valence-electron chi connectivity index (χ4n) is 5.43. The molecule has 1 aromatic heterocycles. The predicted octanol–water partition coefficient (Wildman–Crippen LogP) is 9.68. The Morgan fingerprint density at radius 3 is 2.27 bits per heavy atom. The molecule has 0 saturated heterocycles. The number of carbonyl (C=O) groups excluding carboxylic acids is 1. The SMILES string of the molecule is CC.CC.CCCCCC(C)COc1ccc(C2c3[nH]c4ccc(O)cc4c3CCN2C(=O)Oc2ccc(OC)cc2)cc1. The van der Waals surface area contributed by atoms with Gasteiger partial charge >= 0.3 is 6.09 Å². The molecule has 0 saturated carbocycles. The molecular formula is C37H50N2O5. The van der Waals surface area contributed by atoms with E-state index in [9.17, 15) is 9.90 Å². The summed E-state index contributed by atoms with van der Waals surface area (Å²) >= 11 is 0. The first-order chi connectivity index (χ1) is 21.5. The Balaban J connectivity index is 0.00000127. The first-order valence-electron chi connectivity index (χ1n) is 16.2. The van der Waals surface area contributed by atoms with Crippen LogP contribution in [0.4, 0.5) is 4.79 Å². The van der Waals surface area contributed by atoms with E-state index in [0.717, 1.165) is 39.9 Å². The average Bonchev–Trinajstić information content (AvgIpc) is 3.43. The zero-order valence-electron chi connectivity index (χ0n) is 27.5. The molecule has 0 spiro atoms. The van der Waals surface area contributed by atoms with Crippen molar-refractivity contribution in [1.82, 2.24) is 9.88 Å². The van der Waals surface area contributed by atoms with E-state index in [1.807, 2.05) is 58.0 Å². The van der Waals surface area contributed by atoms with Crippen LogP contribution >= 0.6 is 0 Å². The minimum Gasteiger partial charge on any atom is -0.508 e. The number of H-pyrrole nitrogens is 1. The number of amides is 1. The molecule has 7 heteroatoms. The van der Waals surface area contributed by atoms with Crippen molar-refractivity contribution in [2.45, 2.75) is 79.7 Å². The zero-order chi connectivity index (χ0) is 32.1. The van der Waals surface area contributed by atoms with Gasteiger partial charge in [0.25, 0.3) is 0 Å². The van der Waals surface area contributed by atoms with E-state index in [2.05, 4.69) is 18.8 Å². The number of carbonyl (C=O) groups is 1. The third kappa shape index (κ3) is 8.49. The maximum absolute atomic E-state index is 13.5. The quantitative estimate of drug-likeness (QED) is 0.177. The van der Waals surface area contributed by atoms with Gasteiger partial charge in [0.15, 0.2) is 0 Å². The van der Waals surface area contributed by atoms with Gasteiger partial charge in [-0.15, -0.1) is 0 Å². The van der Waals surface area contributed by atoms with Crippen LogP contribution in [0.5, 0.6) is 23.0 Å². The van der Waals surface area contributed by atoms with Gasteiger partial charge in [-0.05, 0) is 84.5 Å². The fourth-order valence-corrected chi connectivity index (χ4v) is 5.43. The Labute approximate surface area is 263 Å². The number of phenols is 1. The van der Waals surface area contributed by atoms with Crippen molar-refractivity contribution < 1.29 is 24.1 Å². The summed E-state index contributed by atoms with van der Waals surface area (Å²) in [5, 5.41) is 11.1. The summed E-state index contributed by atoms with van der Waals surface area (Å²) in [4.78, 5) is 18.8. The van der Waals surface area contributed by atoms with Gasteiger partial charge in [-0.2, -0.15) is 0 Å². The molecule has 0 aliphatic carbocycles. The standard InChI is InChI=1S/C33H38N2O5.2C2H6/c1-4-5-6-7-22(2)21-39-26-11-8-23(9-12-26)32-31-28(29-20-24(36)10-17-30(29)34-31)18-19-35(32)33(37)40-27-15-13-25(38-3)14-16-27;2*1-2/h8-17,20,22,32,34,36H,4-7,18-19,21H2,1-3H3;2*1-2H3. The Hall–Kier alpha value is -4.13. The number of aromatic nitrogens is 1. The smallest absolute Gasteiger partial charge is 0.416 e. The summed E-state index contributed by atoms with van der Waals surface area (Å²) in [7, 11) is 1.60. The first-order valence-corrected chi connectivity index (χ1v) is 16.2. The number of nitrogens with one attached hydrogen (secondary N) is 1. The Bertz CT molecular complexity index is 1430. The van der Waals surface area contributed by atoms with Gasteiger partial charge in [0, 0.05) is 23.1 Å². The second-order valence-electron chi connectivity index (χ2n) is 10.6. The highest BCUT2D eigenvalue weighted by atomic mass is 16.6. The summed E-state index contributed by atoms with van der Waals surface area (Å²) < 4.78 is 17.1. The van der Waals surface area contributed by atoms with Crippen LogP contribution in [-0.4, -0.2) is 41.3 Å². The average molecular weight is 603 g/mol. The molecule has 3 aromatic carbocycles. The molecule has 0 bridgehead atoms. The van der Waals surface area contributed by atoms with Crippen molar-refractivity contribution in [1.29, 1.82) is 0 Å². The number of aromatic hydroxyl groups is 1. The first kappa shape index (κ1) is 34.4. The number of hydrogen-bond acceptors (Lipinski definition) is 5. The van der Waals surface area contributed by atoms with Crippen LogP contribution in [0.15, 0.2) is 66.7 Å². The molecule has 238 valence electrons. The maximum atomic E-state index is 13.5. The number of fused-ring (bicyclic) bond motifs is 3. The highest BCUT2D eigenvalue weighted by Gasteiger charge is 2.36. The lowest BCUT2D eigenvalue weighted by Gasteiger charge is -2.35. The molecule has 4 aromatic rings. The molecule has 2 N–H and O–H groups in total. The van der Waals surface area contributed by atoms with Gasteiger partial charge in [-0.25, -0.2) is 4.79 Å². The van der Waals surface area contributed by atoms with E-state index >= 15 is 0 Å². The van der Waals surface area contributed by atoms with Gasteiger partial charge in [0.1, 0.15) is 29.0 Å². The highest BCUT2D eigenvalue weighted by Crippen LogP contribution is 2.40. The highest BCUT2D eigenvalue weighted by molar-refractivity contribution is 5.87. The van der Waals surface area contributed by atoms with E-state index in [-0.39, 0.29) is 11.8 Å². The normalized spacial score (nSPS) is 14.3. The Kier molecular flexibility index (Phi) is 13.5. The van der Waals surface area contributed by atoms with E-state index in [1.54, 1.807) is 48.4 Å². The van der Waals surface area contributed by atoms with Crippen LogP contribution in [0.1, 0.15) is 90.1 Å². The number of rotatable bonds is 10. The molecule has 2 unspecified atom stereocenters. The van der Waals surface area contributed by atoms with E-state index < -0.39 is 6.09 Å². The van der Waals surface area contributed by atoms with E-state index in [0.29, 0.717) is 37.0 Å². The number of ether oxygens (including phenoxy) is 3. The summed E-state index contributed by atoms with van der Waals surface area (Å²) in [6, 6.07) is 19.9. The van der Waals surface area contributed by atoms with E-state index in [4.69, 9.17) is 14.2 Å². The Morgan fingerprint density at radius 1 is 0.955 bits per heavy atom. The van der Waals surface area contributed by atoms with Gasteiger partial charge in [-0.3, -0.25) is 4.90 Å². The number of benzene rings is 3. The van der Waals surface area contributed by atoms with Crippen molar-refractivity contribution in [2.24, 2.45) is 5.92 Å². The Morgan fingerprint density at radius 2 is 1.61 bits per heavy atom. The van der Waals surface area contributed by atoms with Crippen molar-refractivity contribution in [2.75, 3.05) is 20.3 Å². The van der Waals surface area contributed by atoms with Crippen LogP contribution in [0, 0.1) is 5.92 Å². The molecular weight excluding hydrogens is 552 g/mol. The number of phenolic OH excluding ortho intramolecular Hbond substituents is 1. The summed E-state index contributed by atoms with van der Waals surface area (Å²) in [5.74, 6) is 2.68. The monoisotopic (exact) mass is 602 g/mol. The van der Waals surface area contributed by atoms with Crippen LogP contribution in [0.2, 0.25) is 0 Å². The van der Waals surface area contributed by atoms with E-state index in [1.165, 1.54) is 19.3 Å². The van der Waals surface area contributed by atoms with Gasteiger partial charge in [0.2, 0.25) is 0 Å². The largest absolute Gasteiger partial charge is 0.508 e. The second kappa shape index (κ2) is 17.2. The molecule has 2 atom stereocenters. The molecule has 2 heterocycles. The summed E-state index contributed by atoms with van der Waals surface area (Å²) in [6.45, 7) is 13.6. The number of hydrogen-bond donors (Lipinski definition) is 2. The second-order valence-corrected chi connectivity index (χ2v) is 10.6. The topological polar surface area (TPSA) is 84.0 Å². The minimum atomic E-state index is -0.427. The molecule has 7 nitrogen and oxygen atoms in total. The lowest BCUT2D eigenvalue weighted by Crippen LogP contribution is -2.42. The molecule has 5 rings (SSSR count). The third-order valence-corrected chi connectivity index (χ3v) is 7.64. The van der Waals surface area contributed by atoms with Gasteiger partial charge in [0.05, 0.1) is 13.7 Å². The minimum absolute atomic E-state index is 0.220. The fraction of sp³-hybridized carbons (Fsp3) is 0.432. The molecule has 44 heavy (non-hydrogen) atoms. The van der Waals surface area contributed by atoms with Crippen LogP contribution in [0.3, 0.4) is 0 Å².